The van der Waals surface area contributed by atoms with Gasteiger partial charge < -0.3 is 0 Å². The van der Waals surface area contributed by atoms with Crippen molar-refractivity contribution in [1.82, 2.24) is 0 Å². The molecule has 0 aromatic heterocycles. The van der Waals surface area contributed by atoms with E-state index < -0.39 is 28.9 Å². The molecular weight excluding hydrogens is 284 g/mol. The maximum Gasteiger partial charge on any atom is 0.419 e. The molecule has 0 saturated carbocycles. The number of carbonyl (C=O) groups excluding carboxylic acids is 1. The zero-order valence-electron chi connectivity index (χ0n) is 12.6. The number of Topliss-reactive ketones (excluding diaryl/α,β-unsaturated/α-hetero) is 1. The summed E-state index contributed by atoms with van der Waals surface area (Å²) in [5, 5.41) is 0. The standard InChI is InChI=1S/C16H20F4O/c1-10(9-15(2,3)4)8-13(21)11-6-5-7-12(17)14(11)16(18,19)20/h5-7,10H,8-9H2,1-4H3. The molecule has 1 aromatic rings. The van der Waals surface area contributed by atoms with Gasteiger partial charge in [0.25, 0.3) is 0 Å². The molecule has 0 radical (unpaired) electrons. The molecule has 0 amide bonds. The fourth-order valence-corrected chi connectivity index (χ4v) is 2.59. The quantitative estimate of drug-likeness (QED) is 0.531. The number of benzene rings is 1. The van der Waals surface area contributed by atoms with E-state index in [9.17, 15) is 22.4 Å². The molecule has 0 aliphatic heterocycles. The van der Waals surface area contributed by atoms with Crippen molar-refractivity contribution < 1.29 is 22.4 Å². The van der Waals surface area contributed by atoms with Crippen LogP contribution in [0, 0.1) is 17.2 Å². The highest BCUT2D eigenvalue weighted by molar-refractivity contribution is 5.97. The summed E-state index contributed by atoms with van der Waals surface area (Å²) in [5.74, 6) is -2.14. The Morgan fingerprint density at radius 3 is 2.24 bits per heavy atom. The van der Waals surface area contributed by atoms with Crippen LogP contribution in [0.2, 0.25) is 0 Å². The first-order valence-electron chi connectivity index (χ1n) is 6.81. The van der Waals surface area contributed by atoms with Gasteiger partial charge in [0.15, 0.2) is 5.78 Å². The van der Waals surface area contributed by atoms with E-state index in [2.05, 4.69) is 0 Å². The first-order valence-corrected chi connectivity index (χ1v) is 6.81. The van der Waals surface area contributed by atoms with E-state index in [0.717, 1.165) is 18.2 Å². The van der Waals surface area contributed by atoms with Gasteiger partial charge >= 0.3 is 6.18 Å². The topological polar surface area (TPSA) is 17.1 Å². The van der Waals surface area contributed by atoms with E-state index in [1.54, 1.807) is 0 Å². The lowest BCUT2D eigenvalue weighted by molar-refractivity contribution is -0.140. The molecule has 1 atom stereocenters. The average molecular weight is 304 g/mol. The molecule has 21 heavy (non-hydrogen) atoms. The van der Waals surface area contributed by atoms with Crippen LogP contribution in [-0.2, 0) is 6.18 Å². The maximum absolute atomic E-state index is 13.4. The summed E-state index contributed by atoms with van der Waals surface area (Å²) in [6.07, 6.45) is -4.19. The minimum atomic E-state index is -4.87. The molecule has 0 heterocycles. The maximum atomic E-state index is 13.4. The van der Waals surface area contributed by atoms with Crippen LogP contribution in [0.5, 0.6) is 0 Å². The molecule has 1 nitrogen and oxygen atoms in total. The van der Waals surface area contributed by atoms with Gasteiger partial charge in [0.1, 0.15) is 11.4 Å². The lowest BCUT2D eigenvalue weighted by Crippen LogP contribution is -2.19. The van der Waals surface area contributed by atoms with Gasteiger partial charge in [0.2, 0.25) is 0 Å². The largest absolute Gasteiger partial charge is 0.419 e. The van der Waals surface area contributed by atoms with Gasteiger partial charge in [-0.05, 0) is 23.8 Å². The SMILES string of the molecule is CC(CC(=O)c1cccc(F)c1C(F)(F)F)CC(C)(C)C. The van der Waals surface area contributed by atoms with Crippen molar-refractivity contribution in [3.63, 3.8) is 0 Å². The van der Waals surface area contributed by atoms with Gasteiger partial charge in [-0.15, -0.1) is 0 Å². The number of hydrogen-bond donors (Lipinski definition) is 0. The lowest BCUT2D eigenvalue weighted by atomic mass is 9.82. The van der Waals surface area contributed by atoms with E-state index in [4.69, 9.17) is 0 Å². The average Bonchev–Trinajstić information content (AvgIpc) is 2.23. The summed E-state index contributed by atoms with van der Waals surface area (Å²) in [6.45, 7) is 7.81. The lowest BCUT2D eigenvalue weighted by Gasteiger charge is -2.23. The Morgan fingerprint density at radius 2 is 1.76 bits per heavy atom. The number of carbonyl (C=O) groups is 1. The molecule has 1 aromatic carbocycles. The molecule has 0 N–H and O–H groups in total. The molecule has 0 fully saturated rings. The monoisotopic (exact) mass is 304 g/mol. The Labute approximate surface area is 122 Å². The predicted octanol–water partition coefficient (Wildman–Crippen LogP) is 5.49. The highest BCUT2D eigenvalue weighted by Crippen LogP contribution is 2.35. The van der Waals surface area contributed by atoms with E-state index in [-0.39, 0.29) is 17.8 Å². The van der Waals surface area contributed by atoms with Crippen LogP contribution in [0.4, 0.5) is 17.6 Å². The van der Waals surface area contributed by atoms with Gasteiger partial charge in [-0.1, -0.05) is 39.8 Å². The number of halogens is 4. The Kier molecular flexibility index (Phi) is 5.18. The van der Waals surface area contributed by atoms with E-state index >= 15 is 0 Å². The predicted molar refractivity (Wildman–Crippen MR) is 73.6 cm³/mol. The van der Waals surface area contributed by atoms with Crippen LogP contribution in [-0.4, -0.2) is 5.78 Å². The van der Waals surface area contributed by atoms with Crippen LogP contribution in [0.3, 0.4) is 0 Å². The second kappa shape index (κ2) is 6.16. The van der Waals surface area contributed by atoms with Crippen LogP contribution in [0.1, 0.15) is 56.5 Å². The van der Waals surface area contributed by atoms with Gasteiger partial charge in [-0.25, -0.2) is 4.39 Å². The van der Waals surface area contributed by atoms with Crippen LogP contribution >= 0.6 is 0 Å². The molecule has 0 spiro atoms. The zero-order valence-corrected chi connectivity index (χ0v) is 12.6. The van der Waals surface area contributed by atoms with E-state index in [0.29, 0.717) is 6.42 Å². The Bertz CT molecular complexity index is 512. The van der Waals surface area contributed by atoms with Crippen molar-refractivity contribution >= 4 is 5.78 Å². The summed E-state index contributed by atoms with van der Waals surface area (Å²) in [4.78, 5) is 12.1. The van der Waals surface area contributed by atoms with E-state index in [1.807, 2.05) is 27.7 Å². The highest BCUT2D eigenvalue weighted by Gasteiger charge is 2.38. The van der Waals surface area contributed by atoms with Crippen molar-refractivity contribution in [2.45, 2.75) is 46.7 Å². The summed E-state index contributed by atoms with van der Waals surface area (Å²) in [6, 6.07) is 2.89. The normalized spacial score (nSPS) is 14.1. The molecule has 5 heteroatoms. The van der Waals surface area contributed by atoms with Gasteiger partial charge in [0.05, 0.1) is 0 Å². The number of rotatable bonds is 4. The molecule has 1 rings (SSSR count). The minimum absolute atomic E-state index is 0.0194. The fraction of sp³-hybridized carbons (Fsp3) is 0.562. The molecular formula is C16H20F4O. The Morgan fingerprint density at radius 1 is 1.19 bits per heavy atom. The molecule has 118 valence electrons. The van der Waals surface area contributed by atoms with Gasteiger partial charge in [0, 0.05) is 12.0 Å². The highest BCUT2D eigenvalue weighted by atomic mass is 19.4. The summed E-state index contributed by atoms with van der Waals surface area (Å²) < 4.78 is 52.1. The first kappa shape index (κ1) is 17.7. The van der Waals surface area contributed by atoms with Gasteiger partial charge in [-0.3, -0.25) is 4.79 Å². The van der Waals surface area contributed by atoms with Crippen LogP contribution in [0.15, 0.2) is 18.2 Å². The number of alkyl halides is 3. The molecule has 0 aliphatic rings. The summed E-state index contributed by atoms with van der Waals surface area (Å²) >= 11 is 0. The van der Waals surface area contributed by atoms with Crippen molar-refractivity contribution in [1.29, 1.82) is 0 Å². The van der Waals surface area contributed by atoms with Crippen molar-refractivity contribution in [3.8, 4) is 0 Å². The smallest absolute Gasteiger partial charge is 0.294 e. The third kappa shape index (κ3) is 5.14. The van der Waals surface area contributed by atoms with Crippen LogP contribution in [0.25, 0.3) is 0 Å². The zero-order chi connectivity index (χ0) is 16.4. The van der Waals surface area contributed by atoms with Gasteiger partial charge in [-0.2, -0.15) is 13.2 Å². The molecule has 1 unspecified atom stereocenters. The second-order valence-corrected chi connectivity index (χ2v) is 6.66. The summed E-state index contributed by atoms with van der Waals surface area (Å²) in [5.41, 5.74) is -2.06. The molecule has 0 bridgehead atoms. The first-order chi connectivity index (χ1) is 9.42. The Hall–Kier alpha value is -1.39. The van der Waals surface area contributed by atoms with Crippen molar-refractivity contribution in [2.75, 3.05) is 0 Å². The summed E-state index contributed by atoms with van der Waals surface area (Å²) in [7, 11) is 0. The van der Waals surface area contributed by atoms with Crippen molar-refractivity contribution in [2.24, 2.45) is 11.3 Å². The molecule has 0 aliphatic carbocycles. The third-order valence-corrected chi connectivity index (χ3v) is 3.09. The second-order valence-electron chi connectivity index (χ2n) is 6.66. The van der Waals surface area contributed by atoms with E-state index in [1.165, 1.54) is 0 Å². The van der Waals surface area contributed by atoms with Crippen molar-refractivity contribution in [3.05, 3.63) is 35.1 Å². The minimum Gasteiger partial charge on any atom is -0.294 e. The number of ketones is 1. The third-order valence-electron chi connectivity index (χ3n) is 3.09. The Balaban J connectivity index is 3.01. The number of hydrogen-bond acceptors (Lipinski definition) is 1. The molecule has 0 saturated heterocycles. The fourth-order valence-electron chi connectivity index (χ4n) is 2.59. The van der Waals surface area contributed by atoms with Crippen LogP contribution < -0.4 is 0 Å².